The van der Waals surface area contributed by atoms with Crippen LogP contribution in [0.1, 0.15) is 31.4 Å². The van der Waals surface area contributed by atoms with Gasteiger partial charge >= 0.3 is 0 Å². The SMILES string of the molecule is CC(C)NCCN1C(=O)CCc2cc(CN)ccc21. The summed E-state index contributed by atoms with van der Waals surface area (Å²) in [5.74, 6) is 0.221. The first-order valence-electron chi connectivity index (χ1n) is 6.97. The van der Waals surface area contributed by atoms with Gasteiger partial charge in [0.2, 0.25) is 5.91 Å². The highest BCUT2D eigenvalue weighted by Crippen LogP contribution is 2.28. The van der Waals surface area contributed by atoms with E-state index in [2.05, 4.69) is 25.2 Å². The number of hydrogen-bond donors (Lipinski definition) is 2. The third-order valence-electron chi connectivity index (χ3n) is 3.47. The van der Waals surface area contributed by atoms with E-state index in [1.54, 1.807) is 0 Å². The standard InChI is InChI=1S/C15H23N3O/c1-11(2)17-7-8-18-14-5-3-12(10-16)9-13(14)4-6-15(18)19/h3,5,9,11,17H,4,6-8,10,16H2,1-2H3. The molecule has 0 radical (unpaired) electrons. The molecule has 1 amide bonds. The van der Waals surface area contributed by atoms with Crippen molar-refractivity contribution in [3.8, 4) is 0 Å². The van der Waals surface area contributed by atoms with E-state index in [1.807, 2.05) is 17.0 Å². The maximum absolute atomic E-state index is 12.1. The van der Waals surface area contributed by atoms with Crippen LogP contribution in [0.2, 0.25) is 0 Å². The quantitative estimate of drug-likeness (QED) is 0.843. The Labute approximate surface area is 115 Å². The first kappa shape index (κ1) is 14.0. The second-order valence-corrected chi connectivity index (χ2v) is 5.32. The van der Waals surface area contributed by atoms with Gasteiger partial charge in [0.25, 0.3) is 0 Å². The van der Waals surface area contributed by atoms with Gasteiger partial charge in [0.1, 0.15) is 0 Å². The van der Waals surface area contributed by atoms with Crippen molar-refractivity contribution in [2.24, 2.45) is 5.73 Å². The molecule has 0 aliphatic carbocycles. The third kappa shape index (κ3) is 3.33. The van der Waals surface area contributed by atoms with Crippen LogP contribution in [-0.2, 0) is 17.8 Å². The molecule has 0 fully saturated rings. The number of carbonyl (C=O) groups excluding carboxylic acids is 1. The van der Waals surface area contributed by atoms with Gasteiger partial charge in [-0.3, -0.25) is 4.79 Å². The van der Waals surface area contributed by atoms with Crippen molar-refractivity contribution in [3.05, 3.63) is 29.3 Å². The summed E-state index contributed by atoms with van der Waals surface area (Å²) < 4.78 is 0. The first-order valence-corrected chi connectivity index (χ1v) is 6.97. The van der Waals surface area contributed by atoms with E-state index >= 15 is 0 Å². The number of nitrogens with two attached hydrogens (primary N) is 1. The number of benzene rings is 1. The average Bonchev–Trinajstić information content (AvgIpc) is 2.40. The van der Waals surface area contributed by atoms with E-state index < -0.39 is 0 Å². The molecular weight excluding hydrogens is 238 g/mol. The third-order valence-corrected chi connectivity index (χ3v) is 3.47. The van der Waals surface area contributed by atoms with Crippen LogP contribution in [-0.4, -0.2) is 25.0 Å². The molecule has 1 aromatic rings. The smallest absolute Gasteiger partial charge is 0.227 e. The van der Waals surface area contributed by atoms with Crippen LogP contribution in [0.25, 0.3) is 0 Å². The molecule has 1 aromatic carbocycles. The molecule has 0 unspecified atom stereocenters. The zero-order valence-corrected chi connectivity index (χ0v) is 11.8. The Balaban J connectivity index is 2.13. The average molecular weight is 261 g/mol. The maximum Gasteiger partial charge on any atom is 0.227 e. The zero-order chi connectivity index (χ0) is 13.8. The van der Waals surface area contributed by atoms with Gasteiger partial charge in [-0.25, -0.2) is 0 Å². The summed E-state index contributed by atoms with van der Waals surface area (Å²) in [6.07, 6.45) is 1.43. The molecule has 0 spiro atoms. The molecule has 0 saturated carbocycles. The Morgan fingerprint density at radius 2 is 2.16 bits per heavy atom. The second-order valence-electron chi connectivity index (χ2n) is 5.32. The van der Waals surface area contributed by atoms with Gasteiger partial charge in [-0.15, -0.1) is 0 Å². The fraction of sp³-hybridized carbons (Fsp3) is 0.533. The highest BCUT2D eigenvalue weighted by atomic mass is 16.2. The van der Waals surface area contributed by atoms with E-state index in [0.29, 0.717) is 19.0 Å². The molecule has 0 atom stereocenters. The van der Waals surface area contributed by atoms with E-state index in [1.165, 1.54) is 5.56 Å². The molecule has 0 bridgehead atoms. The number of hydrogen-bond acceptors (Lipinski definition) is 3. The van der Waals surface area contributed by atoms with E-state index in [-0.39, 0.29) is 5.91 Å². The molecule has 0 aromatic heterocycles. The number of aryl methyl sites for hydroxylation is 1. The minimum Gasteiger partial charge on any atom is -0.326 e. The van der Waals surface area contributed by atoms with Crippen LogP contribution in [0, 0.1) is 0 Å². The molecule has 4 nitrogen and oxygen atoms in total. The Kier molecular flexibility index (Phi) is 4.56. The molecular formula is C15H23N3O. The van der Waals surface area contributed by atoms with Crippen LogP contribution in [0.5, 0.6) is 0 Å². The van der Waals surface area contributed by atoms with Gasteiger partial charge in [0, 0.05) is 37.8 Å². The van der Waals surface area contributed by atoms with Gasteiger partial charge in [-0.1, -0.05) is 26.0 Å². The van der Waals surface area contributed by atoms with Crippen LogP contribution in [0.3, 0.4) is 0 Å². The van der Waals surface area contributed by atoms with Gasteiger partial charge in [-0.2, -0.15) is 0 Å². The lowest BCUT2D eigenvalue weighted by Gasteiger charge is -2.30. The number of nitrogens with zero attached hydrogens (tertiary/aromatic N) is 1. The van der Waals surface area contributed by atoms with Crippen LogP contribution in [0.15, 0.2) is 18.2 Å². The Hall–Kier alpha value is -1.39. The summed E-state index contributed by atoms with van der Waals surface area (Å²) in [6, 6.07) is 6.62. The monoisotopic (exact) mass is 261 g/mol. The number of rotatable bonds is 5. The molecule has 19 heavy (non-hydrogen) atoms. The molecule has 3 N–H and O–H groups in total. The van der Waals surface area contributed by atoms with Crippen LogP contribution < -0.4 is 16.0 Å². The maximum atomic E-state index is 12.1. The van der Waals surface area contributed by atoms with Crippen molar-refractivity contribution in [2.75, 3.05) is 18.0 Å². The topological polar surface area (TPSA) is 58.4 Å². The largest absolute Gasteiger partial charge is 0.326 e. The van der Waals surface area contributed by atoms with Crippen molar-refractivity contribution in [1.82, 2.24) is 5.32 Å². The first-order chi connectivity index (χ1) is 9.11. The summed E-state index contributed by atoms with van der Waals surface area (Å²) in [6.45, 7) is 6.32. The number of nitrogens with one attached hydrogen (secondary N) is 1. The summed E-state index contributed by atoms with van der Waals surface area (Å²) in [5.41, 5.74) is 9.10. The number of amides is 1. The van der Waals surface area contributed by atoms with Gasteiger partial charge in [0.15, 0.2) is 0 Å². The molecule has 4 heteroatoms. The Bertz CT molecular complexity index is 457. The molecule has 0 saturated heterocycles. The van der Waals surface area contributed by atoms with Gasteiger partial charge < -0.3 is 16.0 Å². The van der Waals surface area contributed by atoms with Crippen molar-refractivity contribution >= 4 is 11.6 Å². The molecule has 1 aliphatic rings. The normalized spacial score (nSPS) is 14.9. The highest BCUT2D eigenvalue weighted by molar-refractivity contribution is 5.96. The van der Waals surface area contributed by atoms with Crippen LogP contribution >= 0.6 is 0 Å². The molecule has 1 aliphatic heterocycles. The van der Waals surface area contributed by atoms with Gasteiger partial charge in [-0.05, 0) is 23.6 Å². The number of fused-ring (bicyclic) bond motifs is 1. The fourth-order valence-electron chi connectivity index (χ4n) is 2.45. The van der Waals surface area contributed by atoms with Gasteiger partial charge in [0.05, 0.1) is 0 Å². The summed E-state index contributed by atoms with van der Waals surface area (Å²) in [7, 11) is 0. The van der Waals surface area contributed by atoms with E-state index in [0.717, 1.165) is 30.8 Å². The second kappa shape index (κ2) is 6.17. The molecule has 1 heterocycles. The van der Waals surface area contributed by atoms with Crippen molar-refractivity contribution in [3.63, 3.8) is 0 Å². The van der Waals surface area contributed by atoms with E-state index in [9.17, 15) is 4.79 Å². The minimum atomic E-state index is 0.221. The van der Waals surface area contributed by atoms with Crippen molar-refractivity contribution in [1.29, 1.82) is 0 Å². The molecule has 104 valence electrons. The summed E-state index contributed by atoms with van der Waals surface area (Å²) in [5, 5.41) is 3.35. The predicted molar refractivity (Wildman–Crippen MR) is 78.1 cm³/mol. The highest BCUT2D eigenvalue weighted by Gasteiger charge is 2.23. The zero-order valence-electron chi connectivity index (χ0n) is 11.8. The predicted octanol–water partition coefficient (Wildman–Crippen LogP) is 1.42. The van der Waals surface area contributed by atoms with Crippen molar-refractivity contribution in [2.45, 2.75) is 39.3 Å². The lowest BCUT2D eigenvalue weighted by molar-refractivity contribution is -0.118. The minimum absolute atomic E-state index is 0.221. The van der Waals surface area contributed by atoms with Crippen molar-refractivity contribution < 1.29 is 4.79 Å². The van der Waals surface area contributed by atoms with E-state index in [4.69, 9.17) is 5.73 Å². The lowest BCUT2D eigenvalue weighted by atomic mass is 9.98. The Morgan fingerprint density at radius 3 is 2.84 bits per heavy atom. The molecule has 2 rings (SSSR count). The summed E-state index contributed by atoms with van der Waals surface area (Å²) >= 11 is 0. The fourth-order valence-corrected chi connectivity index (χ4v) is 2.45. The lowest BCUT2D eigenvalue weighted by Crippen LogP contribution is -2.41. The number of anilines is 1. The summed E-state index contributed by atoms with van der Waals surface area (Å²) in [4.78, 5) is 14.0. The number of carbonyl (C=O) groups is 1. The van der Waals surface area contributed by atoms with Crippen LogP contribution in [0.4, 0.5) is 5.69 Å². The Morgan fingerprint density at radius 1 is 1.37 bits per heavy atom.